The van der Waals surface area contributed by atoms with E-state index in [1.165, 1.54) is 20.7 Å². The molecule has 178 valence electrons. The molecule has 0 heterocycles. The van der Waals surface area contributed by atoms with Crippen molar-refractivity contribution in [1.29, 1.82) is 0 Å². The Bertz CT molecular complexity index is 899. The largest absolute Gasteiger partial charge is 0.462 e. The molecule has 31 heavy (non-hydrogen) atoms. The predicted octanol–water partition coefficient (Wildman–Crippen LogP) is 3.48. The molecule has 1 aromatic carbocycles. The Kier molecular flexibility index (Phi) is 9.26. The molecule has 0 aromatic heterocycles. The Morgan fingerprint density at radius 2 is 1.06 bits per heavy atom. The Morgan fingerprint density at radius 3 is 1.32 bits per heavy atom. The van der Waals surface area contributed by atoms with Crippen LogP contribution in [0, 0.1) is 0 Å². The second kappa shape index (κ2) is 10.4. The molecular formula is C21H36N2O6S2. The van der Waals surface area contributed by atoms with E-state index in [9.17, 15) is 21.6 Å². The second-order valence-electron chi connectivity index (χ2n) is 8.46. The van der Waals surface area contributed by atoms with Gasteiger partial charge in [-0.15, -0.1) is 0 Å². The fourth-order valence-corrected chi connectivity index (χ4v) is 7.63. The van der Waals surface area contributed by atoms with Crippen molar-refractivity contribution in [3.63, 3.8) is 0 Å². The first-order valence-corrected chi connectivity index (χ1v) is 13.4. The van der Waals surface area contributed by atoms with Gasteiger partial charge in [0.05, 0.1) is 22.0 Å². The number of ether oxygens (including phenoxy) is 1. The fraction of sp³-hybridized carbons (Fsp3) is 0.667. The Hall–Kier alpha value is -1.49. The number of esters is 1. The molecule has 8 nitrogen and oxygen atoms in total. The molecule has 0 aliphatic heterocycles. The SMILES string of the molecule is CCOC(=O)c1cc(S(=O)(=O)N(C(C)C)C(C)C)cc(S(=O)(=O)N(C(C)C)C(C)C)c1. The summed E-state index contributed by atoms with van der Waals surface area (Å²) in [4.78, 5) is 11.9. The molecule has 0 fully saturated rings. The van der Waals surface area contributed by atoms with Gasteiger partial charge in [0, 0.05) is 24.2 Å². The maximum Gasteiger partial charge on any atom is 0.338 e. The van der Waals surface area contributed by atoms with E-state index in [4.69, 9.17) is 4.74 Å². The van der Waals surface area contributed by atoms with Crippen LogP contribution < -0.4 is 0 Å². The van der Waals surface area contributed by atoms with Crippen molar-refractivity contribution in [2.45, 2.75) is 96.3 Å². The number of benzene rings is 1. The minimum atomic E-state index is -4.08. The van der Waals surface area contributed by atoms with Crippen LogP contribution in [0.25, 0.3) is 0 Å². The van der Waals surface area contributed by atoms with Crippen molar-refractivity contribution >= 4 is 26.0 Å². The first-order chi connectivity index (χ1) is 14.1. The minimum absolute atomic E-state index is 0.0755. The van der Waals surface area contributed by atoms with Crippen LogP contribution in [0.5, 0.6) is 0 Å². The predicted molar refractivity (Wildman–Crippen MR) is 121 cm³/mol. The van der Waals surface area contributed by atoms with Gasteiger partial charge in [-0.05, 0) is 80.5 Å². The number of nitrogens with zero attached hydrogens (tertiary/aromatic N) is 2. The van der Waals surface area contributed by atoms with Crippen LogP contribution in [0.3, 0.4) is 0 Å². The summed E-state index contributed by atoms with van der Waals surface area (Å²) in [7, 11) is -8.15. The molecule has 0 radical (unpaired) electrons. The number of carbonyl (C=O) groups is 1. The standard InChI is InChI=1S/C21H36N2O6S2/c1-10-29-21(24)18-11-19(30(25,26)22(14(2)3)15(4)5)13-20(12-18)31(27,28)23(16(6)7)17(8)9/h11-17H,10H2,1-9H3. The Balaban J connectivity index is 3.89. The van der Waals surface area contributed by atoms with Gasteiger partial charge in [0.2, 0.25) is 20.0 Å². The van der Waals surface area contributed by atoms with Gasteiger partial charge in [-0.25, -0.2) is 21.6 Å². The molecule has 0 atom stereocenters. The van der Waals surface area contributed by atoms with Crippen LogP contribution in [0.1, 0.15) is 72.7 Å². The lowest BCUT2D eigenvalue weighted by Crippen LogP contribution is -2.43. The zero-order chi connectivity index (χ0) is 24.3. The monoisotopic (exact) mass is 476 g/mol. The molecular weight excluding hydrogens is 440 g/mol. The first kappa shape index (κ1) is 27.5. The molecule has 1 rings (SSSR count). The number of sulfonamides is 2. The van der Waals surface area contributed by atoms with Crippen LogP contribution in [0.15, 0.2) is 28.0 Å². The van der Waals surface area contributed by atoms with Gasteiger partial charge < -0.3 is 4.74 Å². The molecule has 0 spiro atoms. The molecule has 1 aromatic rings. The van der Waals surface area contributed by atoms with Crippen LogP contribution >= 0.6 is 0 Å². The van der Waals surface area contributed by atoms with E-state index in [1.807, 2.05) is 0 Å². The Labute approximate surface area is 187 Å². The van der Waals surface area contributed by atoms with Gasteiger partial charge in [-0.3, -0.25) is 0 Å². The average Bonchev–Trinajstić information content (AvgIpc) is 2.59. The molecule has 0 N–H and O–H groups in total. The van der Waals surface area contributed by atoms with E-state index < -0.39 is 26.0 Å². The third-order valence-electron chi connectivity index (χ3n) is 4.58. The van der Waals surface area contributed by atoms with Gasteiger partial charge in [0.25, 0.3) is 0 Å². The number of carbonyl (C=O) groups excluding carboxylic acids is 1. The highest BCUT2D eigenvalue weighted by Gasteiger charge is 2.34. The summed E-state index contributed by atoms with van der Waals surface area (Å²) in [6.45, 7) is 15.6. The number of hydrogen-bond donors (Lipinski definition) is 0. The van der Waals surface area contributed by atoms with Crippen molar-refractivity contribution in [2.75, 3.05) is 6.61 Å². The van der Waals surface area contributed by atoms with E-state index in [1.54, 1.807) is 62.3 Å². The number of rotatable bonds is 10. The average molecular weight is 477 g/mol. The molecule has 0 aliphatic carbocycles. The van der Waals surface area contributed by atoms with Gasteiger partial charge in [0.1, 0.15) is 0 Å². The summed E-state index contributed by atoms with van der Waals surface area (Å²) in [5.74, 6) is -0.780. The Morgan fingerprint density at radius 1 is 0.742 bits per heavy atom. The van der Waals surface area contributed by atoms with Gasteiger partial charge in [-0.2, -0.15) is 8.61 Å². The van der Waals surface area contributed by atoms with Crippen LogP contribution in [0.4, 0.5) is 0 Å². The second-order valence-corrected chi connectivity index (χ2v) is 12.1. The van der Waals surface area contributed by atoms with Crippen molar-refractivity contribution < 1.29 is 26.4 Å². The minimum Gasteiger partial charge on any atom is -0.462 e. The van der Waals surface area contributed by atoms with E-state index in [0.717, 1.165) is 6.07 Å². The summed E-state index contributed by atoms with van der Waals surface area (Å²) < 4.78 is 61.3. The maximum atomic E-state index is 13.4. The lowest BCUT2D eigenvalue weighted by atomic mass is 10.2. The maximum absolute atomic E-state index is 13.4. The third kappa shape index (κ3) is 6.06. The van der Waals surface area contributed by atoms with Crippen LogP contribution in [-0.2, 0) is 24.8 Å². The van der Waals surface area contributed by atoms with E-state index in [2.05, 4.69) is 0 Å². The smallest absolute Gasteiger partial charge is 0.338 e. The topological polar surface area (TPSA) is 101 Å². The summed E-state index contributed by atoms with van der Waals surface area (Å²) >= 11 is 0. The molecule has 0 aliphatic rings. The van der Waals surface area contributed by atoms with Crippen molar-refractivity contribution in [1.82, 2.24) is 8.61 Å². The molecule has 0 unspecified atom stereocenters. The summed E-state index contributed by atoms with van der Waals surface area (Å²) in [5, 5.41) is 0. The molecule has 0 amide bonds. The number of hydrogen-bond acceptors (Lipinski definition) is 6. The van der Waals surface area contributed by atoms with Crippen molar-refractivity contribution in [3.8, 4) is 0 Å². The van der Waals surface area contributed by atoms with E-state index in [0.29, 0.717) is 0 Å². The molecule has 0 saturated heterocycles. The lowest BCUT2D eigenvalue weighted by Gasteiger charge is -2.31. The third-order valence-corrected chi connectivity index (χ3v) is 9.04. The highest BCUT2D eigenvalue weighted by atomic mass is 32.2. The summed E-state index contributed by atoms with van der Waals surface area (Å²) in [5.41, 5.74) is -0.124. The van der Waals surface area contributed by atoms with E-state index in [-0.39, 0.29) is 46.1 Å². The fourth-order valence-electron chi connectivity index (χ4n) is 3.75. The van der Waals surface area contributed by atoms with Gasteiger partial charge in [-0.1, -0.05) is 0 Å². The molecule has 0 bridgehead atoms. The van der Waals surface area contributed by atoms with Crippen molar-refractivity contribution in [3.05, 3.63) is 23.8 Å². The zero-order valence-corrected chi connectivity index (χ0v) is 21.5. The quantitative estimate of drug-likeness (QED) is 0.479. The highest BCUT2D eigenvalue weighted by molar-refractivity contribution is 7.90. The van der Waals surface area contributed by atoms with Gasteiger partial charge >= 0.3 is 5.97 Å². The zero-order valence-electron chi connectivity index (χ0n) is 19.9. The highest BCUT2D eigenvalue weighted by Crippen LogP contribution is 2.28. The molecule has 10 heteroatoms. The first-order valence-electron chi connectivity index (χ1n) is 10.5. The lowest BCUT2D eigenvalue weighted by molar-refractivity contribution is 0.0525. The van der Waals surface area contributed by atoms with Gasteiger partial charge in [0.15, 0.2) is 0 Å². The van der Waals surface area contributed by atoms with Crippen molar-refractivity contribution in [2.24, 2.45) is 0 Å². The van der Waals surface area contributed by atoms with Crippen LogP contribution in [0.2, 0.25) is 0 Å². The van der Waals surface area contributed by atoms with Crippen LogP contribution in [-0.4, -0.2) is 62.2 Å². The molecule has 0 saturated carbocycles. The summed E-state index contributed by atoms with van der Waals surface area (Å²) in [6, 6.07) is 2.04. The normalized spacial score (nSPS) is 13.3. The van der Waals surface area contributed by atoms with E-state index >= 15 is 0 Å². The summed E-state index contributed by atoms with van der Waals surface area (Å²) in [6.07, 6.45) is 0.